The molecule has 0 aliphatic carbocycles. The van der Waals surface area contributed by atoms with Crippen molar-refractivity contribution in [2.45, 2.75) is 39.5 Å². The molecule has 0 atom stereocenters. The Morgan fingerprint density at radius 1 is 1.00 bits per heavy atom. The number of ether oxygens (including phenoxy) is 2. The van der Waals surface area contributed by atoms with Gasteiger partial charge in [-0.05, 0) is 56.3 Å². The third kappa shape index (κ3) is 6.73. The standard InChI is InChI=1S/C20H28N2O4S.C2H6/c1-6-22(10-9-21-4)27(23,24)20-14-17(25-5)7-8-19(20)26-18-12-15(2)11-16(3)13-18;1-2/h7-8,11-14,21H,6,9-10H2,1-5H3;1-2H3. The van der Waals surface area contributed by atoms with Crippen LogP contribution in [0.15, 0.2) is 41.3 Å². The van der Waals surface area contributed by atoms with Crippen LogP contribution in [-0.2, 0) is 10.0 Å². The van der Waals surface area contributed by atoms with Gasteiger partial charge < -0.3 is 14.8 Å². The lowest BCUT2D eigenvalue weighted by atomic mass is 10.1. The highest BCUT2D eigenvalue weighted by molar-refractivity contribution is 7.89. The van der Waals surface area contributed by atoms with Crippen molar-refractivity contribution in [2.24, 2.45) is 0 Å². The van der Waals surface area contributed by atoms with Crippen LogP contribution in [0.25, 0.3) is 0 Å². The third-order valence-electron chi connectivity index (χ3n) is 4.16. The number of rotatable bonds is 9. The lowest BCUT2D eigenvalue weighted by molar-refractivity contribution is 0.403. The van der Waals surface area contributed by atoms with Gasteiger partial charge in [-0.1, -0.05) is 26.8 Å². The minimum Gasteiger partial charge on any atom is -0.497 e. The van der Waals surface area contributed by atoms with Crippen molar-refractivity contribution in [3.8, 4) is 17.2 Å². The Morgan fingerprint density at radius 3 is 2.14 bits per heavy atom. The fourth-order valence-electron chi connectivity index (χ4n) is 2.84. The largest absolute Gasteiger partial charge is 0.497 e. The summed E-state index contributed by atoms with van der Waals surface area (Å²) in [5, 5.41) is 2.98. The number of nitrogens with one attached hydrogen (secondary N) is 1. The van der Waals surface area contributed by atoms with E-state index in [9.17, 15) is 8.42 Å². The molecule has 29 heavy (non-hydrogen) atoms. The number of benzene rings is 2. The van der Waals surface area contributed by atoms with Crippen LogP contribution in [0.3, 0.4) is 0 Å². The molecule has 0 spiro atoms. The van der Waals surface area contributed by atoms with Crippen LogP contribution in [0.2, 0.25) is 0 Å². The van der Waals surface area contributed by atoms with E-state index in [-0.39, 0.29) is 10.6 Å². The quantitative estimate of drug-likeness (QED) is 0.650. The van der Waals surface area contributed by atoms with E-state index in [1.54, 1.807) is 19.2 Å². The number of methoxy groups -OCH3 is 1. The average molecular weight is 423 g/mol. The van der Waals surface area contributed by atoms with Crippen molar-refractivity contribution in [2.75, 3.05) is 33.8 Å². The van der Waals surface area contributed by atoms with E-state index in [2.05, 4.69) is 5.32 Å². The second-order valence-electron chi connectivity index (χ2n) is 6.34. The summed E-state index contributed by atoms with van der Waals surface area (Å²) in [6, 6.07) is 10.6. The van der Waals surface area contributed by atoms with Gasteiger partial charge in [-0.25, -0.2) is 8.42 Å². The number of sulfonamides is 1. The fourth-order valence-corrected chi connectivity index (χ4v) is 4.42. The van der Waals surface area contributed by atoms with E-state index in [0.717, 1.165) is 11.1 Å². The van der Waals surface area contributed by atoms with Crippen LogP contribution in [0.5, 0.6) is 17.2 Å². The summed E-state index contributed by atoms with van der Waals surface area (Å²) in [6.45, 7) is 11.1. The van der Waals surface area contributed by atoms with E-state index in [1.165, 1.54) is 17.5 Å². The van der Waals surface area contributed by atoms with Crippen molar-refractivity contribution >= 4 is 10.0 Å². The molecule has 2 aromatic carbocycles. The SMILES string of the molecule is CC.CCN(CCNC)S(=O)(=O)c1cc(OC)ccc1Oc1cc(C)cc(C)c1. The predicted molar refractivity (Wildman–Crippen MR) is 119 cm³/mol. The van der Waals surface area contributed by atoms with E-state index >= 15 is 0 Å². The number of nitrogens with zero attached hydrogens (tertiary/aromatic N) is 1. The number of hydrogen-bond acceptors (Lipinski definition) is 5. The van der Waals surface area contributed by atoms with E-state index in [4.69, 9.17) is 9.47 Å². The van der Waals surface area contributed by atoms with Gasteiger partial charge in [0.25, 0.3) is 0 Å². The Labute approximate surface area is 175 Å². The zero-order chi connectivity index (χ0) is 22.0. The maximum Gasteiger partial charge on any atom is 0.246 e. The summed E-state index contributed by atoms with van der Waals surface area (Å²) in [6.07, 6.45) is 0. The van der Waals surface area contributed by atoms with Crippen LogP contribution < -0.4 is 14.8 Å². The summed E-state index contributed by atoms with van der Waals surface area (Å²) < 4.78 is 39.1. The molecule has 0 fully saturated rings. The fraction of sp³-hybridized carbons (Fsp3) is 0.455. The third-order valence-corrected chi connectivity index (χ3v) is 6.15. The highest BCUT2D eigenvalue weighted by Crippen LogP contribution is 2.34. The van der Waals surface area contributed by atoms with Gasteiger partial charge in [-0.3, -0.25) is 0 Å². The summed E-state index contributed by atoms with van der Waals surface area (Å²) in [4.78, 5) is 0.0963. The summed E-state index contributed by atoms with van der Waals surface area (Å²) in [5.74, 6) is 1.35. The van der Waals surface area contributed by atoms with Gasteiger partial charge in [0, 0.05) is 25.7 Å². The molecular weight excluding hydrogens is 388 g/mol. The van der Waals surface area contributed by atoms with Crippen LogP contribution in [0.4, 0.5) is 0 Å². The van der Waals surface area contributed by atoms with Crippen molar-refractivity contribution in [3.63, 3.8) is 0 Å². The van der Waals surface area contributed by atoms with Gasteiger partial charge in [-0.15, -0.1) is 0 Å². The molecule has 7 heteroatoms. The van der Waals surface area contributed by atoms with E-state index < -0.39 is 10.0 Å². The molecule has 1 N–H and O–H groups in total. The molecule has 0 unspecified atom stereocenters. The Balaban J connectivity index is 0.00000204. The highest BCUT2D eigenvalue weighted by Gasteiger charge is 2.27. The van der Waals surface area contributed by atoms with Gasteiger partial charge >= 0.3 is 0 Å². The van der Waals surface area contributed by atoms with Crippen molar-refractivity contribution in [3.05, 3.63) is 47.5 Å². The smallest absolute Gasteiger partial charge is 0.246 e. The van der Waals surface area contributed by atoms with Crippen LogP contribution >= 0.6 is 0 Å². The van der Waals surface area contributed by atoms with Crippen molar-refractivity contribution < 1.29 is 17.9 Å². The first-order chi connectivity index (χ1) is 13.8. The van der Waals surface area contributed by atoms with Gasteiger partial charge in [0.2, 0.25) is 10.0 Å². The molecule has 6 nitrogen and oxygen atoms in total. The zero-order valence-electron chi connectivity index (χ0n) is 18.6. The highest BCUT2D eigenvalue weighted by atomic mass is 32.2. The molecule has 0 heterocycles. The first kappa shape index (κ1) is 24.9. The van der Waals surface area contributed by atoms with Gasteiger partial charge in [0.1, 0.15) is 22.1 Å². The molecule has 162 valence electrons. The Bertz CT molecular complexity index is 862. The molecule has 0 saturated carbocycles. The van der Waals surface area contributed by atoms with Crippen molar-refractivity contribution in [1.82, 2.24) is 9.62 Å². The maximum absolute atomic E-state index is 13.2. The number of hydrogen-bond donors (Lipinski definition) is 1. The van der Waals surface area contributed by atoms with Gasteiger partial charge in [0.15, 0.2) is 0 Å². The molecule has 2 aromatic rings. The van der Waals surface area contributed by atoms with E-state index in [0.29, 0.717) is 31.1 Å². The normalized spacial score (nSPS) is 11.0. The minimum atomic E-state index is -3.74. The monoisotopic (exact) mass is 422 g/mol. The van der Waals surface area contributed by atoms with Gasteiger partial charge in [-0.2, -0.15) is 4.31 Å². The van der Waals surface area contributed by atoms with Gasteiger partial charge in [0.05, 0.1) is 7.11 Å². The molecule has 2 rings (SSSR count). The summed E-state index contributed by atoms with van der Waals surface area (Å²) >= 11 is 0. The molecule has 0 radical (unpaired) electrons. The van der Waals surface area contributed by atoms with Crippen molar-refractivity contribution in [1.29, 1.82) is 0 Å². The molecule has 0 aliphatic heterocycles. The maximum atomic E-state index is 13.2. The topological polar surface area (TPSA) is 67.9 Å². The minimum absolute atomic E-state index is 0.0963. The second-order valence-corrected chi connectivity index (χ2v) is 8.24. The lowest BCUT2D eigenvalue weighted by Crippen LogP contribution is -2.36. The molecule has 0 saturated heterocycles. The number of aryl methyl sites for hydroxylation is 2. The van der Waals surface area contributed by atoms with E-state index in [1.807, 2.05) is 52.8 Å². The average Bonchev–Trinajstić information content (AvgIpc) is 2.69. The first-order valence-corrected chi connectivity index (χ1v) is 11.3. The molecule has 0 aliphatic rings. The first-order valence-electron chi connectivity index (χ1n) is 9.90. The Hall–Kier alpha value is -2.09. The Kier molecular flexibility index (Phi) is 10.2. The summed E-state index contributed by atoms with van der Waals surface area (Å²) in [7, 11) is -0.438. The molecule has 0 bridgehead atoms. The van der Waals surface area contributed by atoms with Crippen LogP contribution in [0.1, 0.15) is 31.9 Å². The van der Waals surface area contributed by atoms with Crippen LogP contribution in [-0.4, -0.2) is 46.5 Å². The zero-order valence-corrected chi connectivity index (χ0v) is 19.4. The molecule has 0 amide bonds. The predicted octanol–water partition coefficient (Wildman–Crippen LogP) is 4.36. The molecular formula is C22H34N2O4S. The summed E-state index contributed by atoms with van der Waals surface area (Å²) in [5.41, 5.74) is 2.10. The molecule has 0 aromatic heterocycles. The lowest BCUT2D eigenvalue weighted by Gasteiger charge is -2.22. The number of likely N-dealkylation sites (N-methyl/N-ethyl adjacent to an activating group) is 2. The second kappa shape index (κ2) is 11.8. The van der Waals surface area contributed by atoms with Crippen LogP contribution in [0, 0.1) is 13.8 Å². The Morgan fingerprint density at radius 2 is 1.62 bits per heavy atom.